The van der Waals surface area contributed by atoms with Gasteiger partial charge in [0.15, 0.2) is 0 Å². The molecule has 0 fully saturated rings. The van der Waals surface area contributed by atoms with Crippen LogP contribution in [0.25, 0.3) is 0 Å². The van der Waals surface area contributed by atoms with Gasteiger partial charge in [0.1, 0.15) is 0 Å². The number of carbonyl (C=O) groups is 1. The molecule has 0 saturated heterocycles. The van der Waals surface area contributed by atoms with Crippen molar-refractivity contribution in [3.05, 3.63) is 23.8 Å². The van der Waals surface area contributed by atoms with Crippen LogP contribution >= 0.6 is 0 Å². The summed E-state index contributed by atoms with van der Waals surface area (Å²) in [7, 11) is 0. The molecule has 1 amide bonds. The zero-order chi connectivity index (χ0) is 13.1. The van der Waals surface area contributed by atoms with Crippen LogP contribution in [-0.4, -0.2) is 12.5 Å². The summed E-state index contributed by atoms with van der Waals surface area (Å²) < 4.78 is 0. The minimum absolute atomic E-state index is 0.168. The summed E-state index contributed by atoms with van der Waals surface area (Å²) in [6.07, 6.45) is 10.2. The summed E-state index contributed by atoms with van der Waals surface area (Å²) in [6, 6.07) is 0. The first-order valence-electron chi connectivity index (χ1n) is 6.68. The van der Waals surface area contributed by atoms with E-state index >= 15 is 0 Å². The van der Waals surface area contributed by atoms with Crippen molar-refractivity contribution in [3.63, 3.8) is 0 Å². The van der Waals surface area contributed by atoms with Crippen LogP contribution in [0.15, 0.2) is 23.8 Å². The van der Waals surface area contributed by atoms with E-state index in [1.165, 1.54) is 18.4 Å². The van der Waals surface area contributed by atoms with Gasteiger partial charge in [-0.25, -0.2) is 0 Å². The van der Waals surface area contributed by atoms with E-state index in [2.05, 4.69) is 32.2 Å². The summed E-state index contributed by atoms with van der Waals surface area (Å²) in [4.78, 5) is 11.6. The average molecular weight is 237 g/mol. The quantitative estimate of drug-likeness (QED) is 0.504. The predicted octanol–water partition coefficient (Wildman–Crippen LogP) is 3.84. The molecule has 0 radical (unpaired) electrons. The van der Waals surface area contributed by atoms with Crippen molar-refractivity contribution in [1.29, 1.82) is 0 Å². The molecule has 17 heavy (non-hydrogen) atoms. The monoisotopic (exact) mass is 237 g/mol. The lowest BCUT2D eigenvalue weighted by atomic mass is 9.98. The molecule has 0 spiro atoms. The summed E-state index contributed by atoms with van der Waals surface area (Å²) in [5, 5.41) is 2.98. The van der Waals surface area contributed by atoms with Crippen molar-refractivity contribution in [2.75, 3.05) is 6.54 Å². The summed E-state index contributed by atoms with van der Waals surface area (Å²) in [6.45, 7) is 9.15. The molecule has 98 valence electrons. The zero-order valence-electron chi connectivity index (χ0n) is 11.8. The molecule has 0 bridgehead atoms. The largest absolute Gasteiger partial charge is 0.356 e. The number of allylic oxidation sites excluding steroid dienone is 4. The SMILES string of the molecule is CC=CC=C(C)C(C)CC(=O)NCCCCC. The molecule has 0 aromatic rings. The van der Waals surface area contributed by atoms with Crippen molar-refractivity contribution in [3.8, 4) is 0 Å². The van der Waals surface area contributed by atoms with E-state index in [9.17, 15) is 4.79 Å². The highest BCUT2D eigenvalue weighted by atomic mass is 16.1. The number of hydrogen-bond acceptors (Lipinski definition) is 1. The van der Waals surface area contributed by atoms with Crippen LogP contribution in [-0.2, 0) is 4.79 Å². The van der Waals surface area contributed by atoms with Gasteiger partial charge in [0.25, 0.3) is 0 Å². The Morgan fingerprint density at radius 2 is 2.06 bits per heavy atom. The van der Waals surface area contributed by atoms with Gasteiger partial charge in [-0.05, 0) is 26.2 Å². The number of rotatable bonds is 8. The molecule has 0 aromatic carbocycles. The minimum Gasteiger partial charge on any atom is -0.356 e. The predicted molar refractivity (Wildman–Crippen MR) is 74.9 cm³/mol. The summed E-state index contributed by atoms with van der Waals surface area (Å²) in [5.74, 6) is 0.485. The fraction of sp³-hybridized carbons (Fsp3) is 0.667. The Morgan fingerprint density at radius 3 is 2.65 bits per heavy atom. The van der Waals surface area contributed by atoms with E-state index in [1.807, 2.05) is 19.1 Å². The second kappa shape index (κ2) is 10.1. The number of nitrogens with one attached hydrogen (secondary N) is 1. The summed E-state index contributed by atoms with van der Waals surface area (Å²) in [5.41, 5.74) is 1.26. The maximum Gasteiger partial charge on any atom is 0.220 e. The van der Waals surface area contributed by atoms with Gasteiger partial charge in [-0.1, -0.05) is 50.5 Å². The van der Waals surface area contributed by atoms with Gasteiger partial charge in [0.05, 0.1) is 0 Å². The molecule has 0 aromatic heterocycles. The molecule has 1 atom stereocenters. The lowest BCUT2D eigenvalue weighted by molar-refractivity contribution is -0.121. The second-order valence-corrected chi connectivity index (χ2v) is 4.60. The maximum absolute atomic E-state index is 11.6. The van der Waals surface area contributed by atoms with E-state index in [-0.39, 0.29) is 5.91 Å². The van der Waals surface area contributed by atoms with Gasteiger partial charge < -0.3 is 5.32 Å². The van der Waals surface area contributed by atoms with Gasteiger partial charge in [-0.3, -0.25) is 4.79 Å². The van der Waals surface area contributed by atoms with Gasteiger partial charge in [0.2, 0.25) is 5.91 Å². The van der Waals surface area contributed by atoms with Crippen LogP contribution in [0.2, 0.25) is 0 Å². The molecular weight excluding hydrogens is 210 g/mol. The van der Waals surface area contributed by atoms with E-state index in [1.54, 1.807) is 0 Å². The number of hydrogen-bond donors (Lipinski definition) is 1. The van der Waals surface area contributed by atoms with Crippen LogP contribution in [0.3, 0.4) is 0 Å². The maximum atomic E-state index is 11.6. The first kappa shape index (κ1) is 16.0. The summed E-state index contributed by atoms with van der Waals surface area (Å²) >= 11 is 0. The molecule has 1 N–H and O–H groups in total. The molecule has 0 aliphatic heterocycles. The Balaban J connectivity index is 3.87. The second-order valence-electron chi connectivity index (χ2n) is 4.60. The number of amides is 1. The Labute approximate surface area is 106 Å². The molecular formula is C15H27NO. The standard InChI is InChI=1S/C15H27NO/c1-5-7-9-11-16-15(17)12-14(4)13(3)10-8-6-2/h6,8,10,14H,5,7,9,11-12H2,1-4H3,(H,16,17). The highest BCUT2D eigenvalue weighted by molar-refractivity contribution is 5.76. The van der Waals surface area contributed by atoms with Crippen molar-refractivity contribution >= 4 is 5.91 Å². The van der Waals surface area contributed by atoms with Crippen molar-refractivity contribution < 1.29 is 4.79 Å². The third kappa shape index (κ3) is 8.73. The van der Waals surface area contributed by atoms with E-state index < -0.39 is 0 Å². The van der Waals surface area contributed by atoms with Crippen molar-refractivity contribution in [2.45, 2.75) is 53.4 Å². The van der Waals surface area contributed by atoms with Crippen LogP contribution in [0.5, 0.6) is 0 Å². The Bertz CT molecular complexity index is 266. The molecule has 0 saturated carbocycles. The first-order valence-corrected chi connectivity index (χ1v) is 6.68. The highest BCUT2D eigenvalue weighted by Crippen LogP contribution is 2.13. The fourth-order valence-electron chi connectivity index (χ4n) is 1.53. The smallest absolute Gasteiger partial charge is 0.220 e. The molecule has 2 heteroatoms. The Morgan fingerprint density at radius 1 is 1.35 bits per heavy atom. The molecule has 0 rings (SSSR count). The van der Waals surface area contributed by atoms with E-state index in [0.717, 1.165) is 13.0 Å². The lowest BCUT2D eigenvalue weighted by Crippen LogP contribution is -2.26. The first-order chi connectivity index (χ1) is 8.11. The fourth-order valence-corrected chi connectivity index (χ4v) is 1.53. The molecule has 0 aliphatic carbocycles. The Hall–Kier alpha value is -1.05. The molecule has 2 nitrogen and oxygen atoms in total. The van der Waals surface area contributed by atoms with E-state index in [4.69, 9.17) is 0 Å². The van der Waals surface area contributed by atoms with Crippen LogP contribution in [0, 0.1) is 5.92 Å². The number of carbonyl (C=O) groups excluding carboxylic acids is 1. The van der Waals surface area contributed by atoms with Crippen molar-refractivity contribution in [1.82, 2.24) is 5.32 Å². The average Bonchev–Trinajstić information content (AvgIpc) is 2.31. The normalized spacial score (nSPS) is 14.0. The topological polar surface area (TPSA) is 29.1 Å². The van der Waals surface area contributed by atoms with E-state index in [0.29, 0.717) is 12.3 Å². The van der Waals surface area contributed by atoms with Crippen LogP contribution < -0.4 is 5.32 Å². The lowest BCUT2D eigenvalue weighted by Gasteiger charge is -2.12. The Kier molecular flexibility index (Phi) is 9.50. The highest BCUT2D eigenvalue weighted by Gasteiger charge is 2.09. The van der Waals surface area contributed by atoms with Gasteiger partial charge in [-0.2, -0.15) is 0 Å². The van der Waals surface area contributed by atoms with Gasteiger partial charge in [-0.15, -0.1) is 0 Å². The van der Waals surface area contributed by atoms with Gasteiger partial charge >= 0.3 is 0 Å². The third-order valence-electron chi connectivity index (χ3n) is 2.92. The molecule has 0 aliphatic rings. The number of unbranched alkanes of at least 4 members (excludes halogenated alkanes) is 2. The zero-order valence-corrected chi connectivity index (χ0v) is 11.8. The third-order valence-corrected chi connectivity index (χ3v) is 2.92. The van der Waals surface area contributed by atoms with Crippen LogP contribution in [0.4, 0.5) is 0 Å². The van der Waals surface area contributed by atoms with Crippen LogP contribution in [0.1, 0.15) is 53.4 Å². The van der Waals surface area contributed by atoms with Gasteiger partial charge in [0, 0.05) is 13.0 Å². The molecule has 1 unspecified atom stereocenters. The minimum atomic E-state index is 0.168. The van der Waals surface area contributed by atoms with Crippen molar-refractivity contribution in [2.24, 2.45) is 5.92 Å². The molecule has 0 heterocycles.